The number of nitrogens with zero attached hydrogens (tertiary/aromatic N) is 2. The van der Waals surface area contributed by atoms with Crippen molar-refractivity contribution in [2.75, 3.05) is 53.0 Å². The lowest BCUT2D eigenvalue weighted by molar-refractivity contribution is 0.00752. The van der Waals surface area contributed by atoms with Crippen LogP contribution in [0.5, 0.6) is 0 Å². The summed E-state index contributed by atoms with van der Waals surface area (Å²) in [4.78, 5) is 6.93. The third-order valence-electron chi connectivity index (χ3n) is 6.01. The summed E-state index contributed by atoms with van der Waals surface area (Å²) in [7, 11) is 1.85. The van der Waals surface area contributed by atoms with Crippen molar-refractivity contribution in [3.05, 3.63) is 0 Å². The minimum absolute atomic E-state index is 0.513. The topological polar surface area (TPSA) is 58.1 Å². The van der Waals surface area contributed by atoms with Crippen LogP contribution in [0.4, 0.5) is 0 Å². The van der Waals surface area contributed by atoms with Gasteiger partial charge in [-0.25, -0.2) is 0 Å². The van der Waals surface area contributed by atoms with Crippen LogP contribution in [0, 0.1) is 5.92 Å². The molecule has 0 radical (unpaired) electrons. The first-order valence-electron chi connectivity index (χ1n) is 11.6. The van der Waals surface area contributed by atoms with Gasteiger partial charge in [-0.3, -0.25) is 9.89 Å². The molecule has 28 heavy (non-hydrogen) atoms. The molecule has 2 aliphatic rings. The van der Waals surface area contributed by atoms with Crippen molar-refractivity contribution in [3.63, 3.8) is 0 Å². The van der Waals surface area contributed by atoms with Gasteiger partial charge in [-0.2, -0.15) is 0 Å². The standard InChI is InChI=1S/C22H44N4O2/c1-19(2)21(26-13-16-27-17-14-26)18-25-22(23-3)24-12-8-5-9-15-28-20-10-6-4-7-11-20/h19-21H,4-18H2,1-3H3,(H2,23,24,25). The fourth-order valence-electron chi connectivity index (χ4n) is 4.21. The van der Waals surface area contributed by atoms with Crippen LogP contribution in [-0.4, -0.2) is 76.1 Å². The van der Waals surface area contributed by atoms with E-state index in [4.69, 9.17) is 9.47 Å². The molecular formula is C22H44N4O2. The second-order valence-corrected chi connectivity index (χ2v) is 8.53. The normalized spacial score (nSPS) is 21.1. The molecule has 0 aromatic heterocycles. The van der Waals surface area contributed by atoms with E-state index < -0.39 is 0 Å². The van der Waals surface area contributed by atoms with Crippen LogP contribution < -0.4 is 10.6 Å². The summed E-state index contributed by atoms with van der Waals surface area (Å²) >= 11 is 0. The summed E-state index contributed by atoms with van der Waals surface area (Å²) in [5.41, 5.74) is 0. The maximum absolute atomic E-state index is 6.01. The fraction of sp³-hybridized carbons (Fsp3) is 0.955. The summed E-state index contributed by atoms with van der Waals surface area (Å²) in [6.45, 7) is 11.2. The largest absolute Gasteiger partial charge is 0.379 e. The molecule has 164 valence electrons. The molecule has 1 aliphatic carbocycles. The number of ether oxygens (including phenoxy) is 2. The predicted molar refractivity (Wildman–Crippen MR) is 117 cm³/mol. The zero-order chi connectivity index (χ0) is 20.0. The first-order valence-corrected chi connectivity index (χ1v) is 11.6. The Hall–Kier alpha value is -0.850. The molecule has 0 bridgehead atoms. The van der Waals surface area contributed by atoms with Crippen molar-refractivity contribution in [3.8, 4) is 0 Å². The lowest BCUT2D eigenvalue weighted by Gasteiger charge is -2.37. The van der Waals surface area contributed by atoms with Gasteiger partial charge >= 0.3 is 0 Å². The van der Waals surface area contributed by atoms with Crippen LogP contribution in [0.1, 0.15) is 65.2 Å². The highest BCUT2D eigenvalue weighted by Gasteiger charge is 2.23. The average Bonchev–Trinajstić information content (AvgIpc) is 2.73. The van der Waals surface area contributed by atoms with Crippen LogP contribution in [0.25, 0.3) is 0 Å². The SMILES string of the molecule is CN=C(NCCCCCOC1CCCCC1)NCC(C(C)C)N1CCOCC1. The van der Waals surface area contributed by atoms with Gasteiger partial charge in [0, 0.05) is 45.9 Å². The maximum atomic E-state index is 6.01. The predicted octanol–water partition coefficient (Wildman–Crippen LogP) is 3.03. The number of hydrogen-bond acceptors (Lipinski definition) is 4. The van der Waals surface area contributed by atoms with Gasteiger partial charge in [-0.15, -0.1) is 0 Å². The van der Waals surface area contributed by atoms with E-state index in [0.29, 0.717) is 18.1 Å². The third-order valence-corrected chi connectivity index (χ3v) is 6.01. The second-order valence-electron chi connectivity index (χ2n) is 8.53. The van der Waals surface area contributed by atoms with Crippen molar-refractivity contribution < 1.29 is 9.47 Å². The fourth-order valence-corrected chi connectivity index (χ4v) is 4.21. The Morgan fingerprint density at radius 3 is 2.50 bits per heavy atom. The van der Waals surface area contributed by atoms with Crippen LogP contribution >= 0.6 is 0 Å². The molecular weight excluding hydrogens is 352 g/mol. The number of nitrogens with one attached hydrogen (secondary N) is 2. The molecule has 2 N–H and O–H groups in total. The number of guanidine groups is 1. The second kappa shape index (κ2) is 14.2. The van der Waals surface area contributed by atoms with Crippen molar-refractivity contribution in [2.24, 2.45) is 10.9 Å². The Labute approximate surface area is 172 Å². The van der Waals surface area contributed by atoms with E-state index in [1.807, 2.05) is 7.05 Å². The molecule has 1 heterocycles. The Balaban J connectivity index is 1.53. The molecule has 0 aromatic rings. The number of morpholine rings is 1. The molecule has 0 amide bonds. The van der Waals surface area contributed by atoms with E-state index in [1.54, 1.807) is 0 Å². The van der Waals surface area contributed by atoms with Gasteiger partial charge in [0.25, 0.3) is 0 Å². The van der Waals surface area contributed by atoms with Crippen LogP contribution in [0.3, 0.4) is 0 Å². The van der Waals surface area contributed by atoms with Gasteiger partial charge in [-0.05, 0) is 38.0 Å². The van der Waals surface area contributed by atoms with Crippen molar-refractivity contribution in [2.45, 2.75) is 77.4 Å². The van der Waals surface area contributed by atoms with E-state index in [-0.39, 0.29) is 0 Å². The molecule has 1 saturated heterocycles. The molecule has 6 heteroatoms. The number of unbranched alkanes of at least 4 members (excludes halogenated alkanes) is 2. The number of aliphatic imine (C=N–C) groups is 1. The van der Waals surface area contributed by atoms with Gasteiger partial charge in [0.1, 0.15) is 0 Å². The Kier molecular flexibility index (Phi) is 11.9. The maximum Gasteiger partial charge on any atom is 0.191 e. The Morgan fingerprint density at radius 1 is 1.07 bits per heavy atom. The molecule has 1 atom stereocenters. The minimum atomic E-state index is 0.513. The van der Waals surface area contributed by atoms with Crippen LogP contribution in [-0.2, 0) is 9.47 Å². The Morgan fingerprint density at radius 2 is 1.82 bits per heavy atom. The lowest BCUT2D eigenvalue weighted by Crippen LogP contribution is -2.52. The van der Waals surface area contributed by atoms with E-state index >= 15 is 0 Å². The molecule has 1 saturated carbocycles. The monoisotopic (exact) mass is 396 g/mol. The van der Waals surface area contributed by atoms with Crippen molar-refractivity contribution >= 4 is 5.96 Å². The van der Waals surface area contributed by atoms with Gasteiger partial charge in [0.05, 0.1) is 19.3 Å². The van der Waals surface area contributed by atoms with E-state index in [1.165, 1.54) is 38.5 Å². The molecule has 1 unspecified atom stereocenters. The van der Waals surface area contributed by atoms with Gasteiger partial charge < -0.3 is 20.1 Å². The van der Waals surface area contributed by atoms with Gasteiger partial charge in [-0.1, -0.05) is 33.1 Å². The highest BCUT2D eigenvalue weighted by molar-refractivity contribution is 5.79. The lowest BCUT2D eigenvalue weighted by atomic mass is 9.98. The minimum Gasteiger partial charge on any atom is -0.379 e. The van der Waals surface area contributed by atoms with E-state index in [0.717, 1.165) is 64.8 Å². The highest BCUT2D eigenvalue weighted by Crippen LogP contribution is 2.20. The summed E-state index contributed by atoms with van der Waals surface area (Å²) < 4.78 is 11.5. The first kappa shape index (κ1) is 23.4. The molecule has 6 nitrogen and oxygen atoms in total. The molecule has 2 rings (SSSR count). The van der Waals surface area contributed by atoms with E-state index in [2.05, 4.69) is 34.4 Å². The van der Waals surface area contributed by atoms with Crippen molar-refractivity contribution in [1.82, 2.24) is 15.5 Å². The van der Waals surface area contributed by atoms with Gasteiger partial charge in [0.2, 0.25) is 0 Å². The molecule has 0 aromatic carbocycles. The highest BCUT2D eigenvalue weighted by atomic mass is 16.5. The molecule has 0 spiro atoms. The molecule has 2 fully saturated rings. The van der Waals surface area contributed by atoms with E-state index in [9.17, 15) is 0 Å². The first-order chi connectivity index (χ1) is 13.7. The summed E-state index contributed by atoms with van der Waals surface area (Å²) in [6.07, 6.45) is 10.7. The average molecular weight is 397 g/mol. The molecule has 1 aliphatic heterocycles. The Bertz CT molecular complexity index is 419. The van der Waals surface area contributed by atoms with Crippen molar-refractivity contribution in [1.29, 1.82) is 0 Å². The summed E-state index contributed by atoms with van der Waals surface area (Å²) in [5.74, 6) is 1.52. The zero-order valence-corrected chi connectivity index (χ0v) is 18.5. The quantitative estimate of drug-likeness (QED) is 0.319. The van der Waals surface area contributed by atoms with Crippen LogP contribution in [0.15, 0.2) is 4.99 Å². The number of hydrogen-bond donors (Lipinski definition) is 2. The third kappa shape index (κ3) is 9.10. The summed E-state index contributed by atoms with van der Waals surface area (Å²) in [6, 6.07) is 0.513. The van der Waals surface area contributed by atoms with Crippen LogP contribution in [0.2, 0.25) is 0 Å². The summed E-state index contributed by atoms with van der Waals surface area (Å²) in [5, 5.41) is 6.99. The smallest absolute Gasteiger partial charge is 0.191 e. The number of rotatable bonds is 11. The zero-order valence-electron chi connectivity index (χ0n) is 18.5. The van der Waals surface area contributed by atoms with Gasteiger partial charge in [0.15, 0.2) is 5.96 Å².